The van der Waals surface area contributed by atoms with Gasteiger partial charge >= 0.3 is 5.97 Å². The SMILES string of the molecule is CN(CCC(=O)O)C(C(N)=O)c1cccc(Br)c1. The number of carboxylic acids is 1. The van der Waals surface area contributed by atoms with Crippen molar-refractivity contribution in [1.82, 2.24) is 4.90 Å². The van der Waals surface area contributed by atoms with Crippen LogP contribution in [0.2, 0.25) is 0 Å². The van der Waals surface area contributed by atoms with Gasteiger partial charge in [0.15, 0.2) is 0 Å². The summed E-state index contributed by atoms with van der Waals surface area (Å²) in [6.45, 7) is 0.259. The minimum atomic E-state index is -0.903. The largest absolute Gasteiger partial charge is 0.481 e. The number of hydrogen-bond acceptors (Lipinski definition) is 3. The zero-order valence-electron chi connectivity index (χ0n) is 9.97. The number of halogens is 1. The van der Waals surface area contributed by atoms with Crippen molar-refractivity contribution < 1.29 is 14.7 Å². The number of carbonyl (C=O) groups excluding carboxylic acids is 1. The second-order valence-corrected chi connectivity index (χ2v) is 4.90. The highest BCUT2D eigenvalue weighted by molar-refractivity contribution is 9.10. The van der Waals surface area contributed by atoms with E-state index in [4.69, 9.17) is 10.8 Å². The van der Waals surface area contributed by atoms with Crippen LogP contribution < -0.4 is 5.73 Å². The van der Waals surface area contributed by atoms with Crippen LogP contribution >= 0.6 is 15.9 Å². The van der Waals surface area contributed by atoms with Crippen molar-refractivity contribution in [3.05, 3.63) is 34.3 Å². The molecular weight excluding hydrogens is 300 g/mol. The number of likely N-dealkylation sites (N-methyl/N-ethyl adjacent to an activating group) is 1. The van der Waals surface area contributed by atoms with Crippen LogP contribution in [0.3, 0.4) is 0 Å². The first-order valence-electron chi connectivity index (χ1n) is 5.38. The Morgan fingerprint density at radius 2 is 2.17 bits per heavy atom. The van der Waals surface area contributed by atoms with Crippen LogP contribution in [0, 0.1) is 0 Å². The van der Waals surface area contributed by atoms with Crippen molar-refractivity contribution in [2.45, 2.75) is 12.5 Å². The fraction of sp³-hybridized carbons (Fsp3) is 0.333. The normalized spacial score (nSPS) is 12.4. The second kappa shape index (κ2) is 6.51. The van der Waals surface area contributed by atoms with Crippen LogP contribution in [-0.2, 0) is 9.59 Å². The standard InChI is InChI=1S/C12H15BrN2O3/c1-15(6-5-10(16)17)11(12(14)18)8-3-2-4-9(13)7-8/h2-4,7,11H,5-6H2,1H3,(H2,14,18)(H,16,17). The summed E-state index contributed by atoms with van der Waals surface area (Å²) in [5.74, 6) is -1.40. The highest BCUT2D eigenvalue weighted by atomic mass is 79.9. The Morgan fingerprint density at radius 1 is 1.50 bits per heavy atom. The fourth-order valence-electron chi connectivity index (χ4n) is 1.71. The first-order valence-corrected chi connectivity index (χ1v) is 6.18. The van der Waals surface area contributed by atoms with Crippen molar-refractivity contribution >= 4 is 27.8 Å². The molecule has 3 N–H and O–H groups in total. The predicted molar refractivity (Wildman–Crippen MR) is 71.0 cm³/mol. The molecule has 0 saturated carbocycles. The zero-order valence-corrected chi connectivity index (χ0v) is 11.6. The highest BCUT2D eigenvalue weighted by Crippen LogP contribution is 2.22. The monoisotopic (exact) mass is 314 g/mol. The maximum Gasteiger partial charge on any atom is 0.304 e. The summed E-state index contributed by atoms with van der Waals surface area (Å²) in [5, 5.41) is 8.65. The van der Waals surface area contributed by atoms with Crippen LogP contribution in [0.25, 0.3) is 0 Å². The maximum absolute atomic E-state index is 11.5. The molecule has 0 fully saturated rings. The van der Waals surface area contributed by atoms with E-state index in [0.29, 0.717) is 0 Å². The number of carboxylic acid groups (broad SMARTS) is 1. The predicted octanol–water partition coefficient (Wildman–Crippen LogP) is 1.38. The highest BCUT2D eigenvalue weighted by Gasteiger charge is 2.23. The minimum absolute atomic E-state index is 0.0334. The van der Waals surface area contributed by atoms with Gasteiger partial charge in [0.05, 0.1) is 6.42 Å². The van der Waals surface area contributed by atoms with Crippen molar-refractivity contribution in [1.29, 1.82) is 0 Å². The lowest BCUT2D eigenvalue weighted by Crippen LogP contribution is -2.36. The Bertz CT molecular complexity index is 451. The molecule has 1 aromatic rings. The van der Waals surface area contributed by atoms with Gasteiger partial charge in [0.2, 0.25) is 5.91 Å². The van der Waals surface area contributed by atoms with Crippen LogP contribution in [0.5, 0.6) is 0 Å². The van der Waals surface area contributed by atoms with E-state index < -0.39 is 17.9 Å². The third-order valence-corrected chi connectivity index (χ3v) is 3.05. The van der Waals surface area contributed by atoms with Crippen LogP contribution in [-0.4, -0.2) is 35.5 Å². The first kappa shape index (κ1) is 14.7. The molecular formula is C12H15BrN2O3. The van der Waals surface area contributed by atoms with E-state index in [0.717, 1.165) is 10.0 Å². The molecule has 1 amide bonds. The Labute approximate surface area is 114 Å². The number of carbonyl (C=O) groups is 2. The number of benzene rings is 1. The Kier molecular flexibility index (Phi) is 5.30. The molecule has 1 atom stereocenters. The van der Waals surface area contributed by atoms with E-state index in [1.807, 2.05) is 6.07 Å². The number of hydrogen-bond donors (Lipinski definition) is 2. The minimum Gasteiger partial charge on any atom is -0.481 e. The van der Waals surface area contributed by atoms with Gasteiger partial charge in [0.1, 0.15) is 6.04 Å². The van der Waals surface area contributed by atoms with E-state index in [-0.39, 0.29) is 13.0 Å². The molecule has 98 valence electrons. The van der Waals surface area contributed by atoms with E-state index in [1.54, 1.807) is 30.1 Å². The van der Waals surface area contributed by atoms with Crippen molar-refractivity contribution in [3.8, 4) is 0 Å². The van der Waals surface area contributed by atoms with Gasteiger partial charge in [-0.1, -0.05) is 28.1 Å². The average molecular weight is 315 g/mol. The van der Waals surface area contributed by atoms with Gasteiger partial charge in [-0.2, -0.15) is 0 Å². The zero-order chi connectivity index (χ0) is 13.7. The quantitative estimate of drug-likeness (QED) is 0.831. The molecule has 1 rings (SSSR count). The van der Waals surface area contributed by atoms with Gasteiger partial charge in [0.25, 0.3) is 0 Å². The molecule has 0 aliphatic heterocycles. The molecule has 0 aliphatic carbocycles. The van der Waals surface area contributed by atoms with Crippen molar-refractivity contribution in [2.75, 3.05) is 13.6 Å². The summed E-state index contributed by atoms with van der Waals surface area (Å²) in [6, 6.07) is 6.62. The third-order valence-electron chi connectivity index (χ3n) is 2.55. The summed E-state index contributed by atoms with van der Waals surface area (Å²) in [4.78, 5) is 23.7. The maximum atomic E-state index is 11.5. The number of rotatable bonds is 6. The van der Waals surface area contributed by atoms with Crippen molar-refractivity contribution in [2.24, 2.45) is 5.73 Å². The van der Waals surface area contributed by atoms with Gasteiger partial charge < -0.3 is 10.8 Å². The Hall–Kier alpha value is -1.40. The van der Waals surface area contributed by atoms with Crippen molar-refractivity contribution in [3.63, 3.8) is 0 Å². The van der Waals surface area contributed by atoms with E-state index in [1.165, 1.54) is 0 Å². The molecule has 0 aliphatic rings. The van der Waals surface area contributed by atoms with E-state index in [2.05, 4.69) is 15.9 Å². The fourth-order valence-corrected chi connectivity index (χ4v) is 2.13. The molecule has 6 heteroatoms. The molecule has 0 heterocycles. The third kappa shape index (κ3) is 4.12. The molecule has 0 bridgehead atoms. The molecule has 0 aromatic heterocycles. The molecule has 1 unspecified atom stereocenters. The molecule has 18 heavy (non-hydrogen) atoms. The average Bonchev–Trinajstić information content (AvgIpc) is 2.26. The van der Waals surface area contributed by atoms with Crippen LogP contribution in [0.15, 0.2) is 28.7 Å². The number of aliphatic carboxylic acids is 1. The molecule has 0 radical (unpaired) electrons. The summed E-state index contributed by atoms with van der Waals surface area (Å²) >= 11 is 3.33. The molecule has 1 aromatic carbocycles. The molecule has 0 spiro atoms. The lowest BCUT2D eigenvalue weighted by Gasteiger charge is -2.25. The van der Waals surface area contributed by atoms with E-state index in [9.17, 15) is 9.59 Å². The van der Waals surface area contributed by atoms with Gasteiger partial charge in [-0.25, -0.2) is 0 Å². The van der Waals surface area contributed by atoms with Crippen LogP contribution in [0.4, 0.5) is 0 Å². The summed E-state index contributed by atoms with van der Waals surface area (Å²) in [6.07, 6.45) is -0.0334. The number of primary amides is 1. The smallest absolute Gasteiger partial charge is 0.304 e. The van der Waals surface area contributed by atoms with Gasteiger partial charge in [0, 0.05) is 11.0 Å². The summed E-state index contributed by atoms with van der Waals surface area (Å²) in [7, 11) is 1.68. The van der Waals surface area contributed by atoms with Gasteiger partial charge in [-0.15, -0.1) is 0 Å². The summed E-state index contributed by atoms with van der Waals surface area (Å²) in [5.41, 5.74) is 6.12. The first-order chi connectivity index (χ1) is 8.41. The Balaban J connectivity index is 2.89. The lowest BCUT2D eigenvalue weighted by molar-refractivity contribution is -0.138. The topological polar surface area (TPSA) is 83.6 Å². The van der Waals surface area contributed by atoms with E-state index >= 15 is 0 Å². The van der Waals surface area contributed by atoms with Crippen LogP contribution in [0.1, 0.15) is 18.0 Å². The lowest BCUT2D eigenvalue weighted by atomic mass is 10.1. The second-order valence-electron chi connectivity index (χ2n) is 3.98. The molecule has 0 saturated heterocycles. The van der Waals surface area contributed by atoms with Gasteiger partial charge in [-0.05, 0) is 24.7 Å². The number of amides is 1. The molecule has 5 nitrogen and oxygen atoms in total. The summed E-state index contributed by atoms with van der Waals surface area (Å²) < 4.78 is 0.845. The number of nitrogens with zero attached hydrogens (tertiary/aromatic N) is 1. The van der Waals surface area contributed by atoms with Gasteiger partial charge in [-0.3, -0.25) is 14.5 Å². The Morgan fingerprint density at radius 3 is 2.67 bits per heavy atom. The number of nitrogens with two attached hydrogens (primary N) is 1.